The lowest BCUT2D eigenvalue weighted by Crippen LogP contribution is -2.46. The van der Waals surface area contributed by atoms with Gasteiger partial charge in [-0.25, -0.2) is 4.39 Å². The van der Waals surface area contributed by atoms with Gasteiger partial charge >= 0.3 is 6.18 Å². The van der Waals surface area contributed by atoms with E-state index in [1.807, 2.05) is 24.3 Å². The van der Waals surface area contributed by atoms with Gasteiger partial charge < -0.3 is 20.6 Å². The molecule has 2 amide bonds. The summed E-state index contributed by atoms with van der Waals surface area (Å²) in [4.78, 5) is 29.1. The molecule has 1 saturated carbocycles. The van der Waals surface area contributed by atoms with E-state index in [4.69, 9.17) is 0 Å². The van der Waals surface area contributed by atoms with Gasteiger partial charge in [0.25, 0.3) is 5.91 Å². The van der Waals surface area contributed by atoms with Crippen molar-refractivity contribution in [3.63, 3.8) is 0 Å². The Morgan fingerprint density at radius 3 is 2.30 bits per heavy atom. The average molecular weight is 598 g/mol. The summed E-state index contributed by atoms with van der Waals surface area (Å²) in [5.41, 5.74) is 0.578. The van der Waals surface area contributed by atoms with Crippen molar-refractivity contribution in [2.75, 3.05) is 17.2 Å². The van der Waals surface area contributed by atoms with Crippen LogP contribution in [0.15, 0.2) is 60.7 Å². The molecule has 0 spiro atoms. The minimum absolute atomic E-state index is 0.0671. The Bertz CT molecular complexity index is 1450. The van der Waals surface area contributed by atoms with Gasteiger partial charge in [-0.15, -0.1) is 0 Å². The zero-order valence-corrected chi connectivity index (χ0v) is 23.9. The van der Waals surface area contributed by atoms with E-state index in [9.17, 15) is 32.3 Å². The highest BCUT2D eigenvalue weighted by atomic mass is 19.4. The molecule has 3 aromatic carbocycles. The Balaban J connectivity index is 1.48. The van der Waals surface area contributed by atoms with Gasteiger partial charge in [-0.3, -0.25) is 9.59 Å². The summed E-state index contributed by atoms with van der Waals surface area (Å²) < 4.78 is 55.8. The van der Waals surface area contributed by atoms with Crippen molar-refractivity contribution in [2.24, 2.45) is 5.92 Å². The van der Waals surface area contributed by atoms with Crippen LogP contribution in [-0.4, -0.2) is 34.4 Å². The Morgan fingerprint density at radius 2 is 1.65 bits per heavy atom. The number of amides is 2. The number of carbonyl (C=O) groups excluding carboxylic acids is 2. The van der Waals surface area contributed by atoms with Crippen LogP contribution in [-0.2, 0) is 17.6 Å². The minimum Gasteiger partial charge on any atom is -0.392 e. The minimum atomic E-state index is -4.72. The van der Waals surface area contributed by atoms with Crippen molar-refractivity contribution in [1.29, 1.82) is 0 Å². The molecule has 228 valence electrons. The third-order valence-electron chi connectivity index (χ3n) is 8.50. The second-order valence-electron chi connectivity index (χ2n) is 11.4. The van der Waals surface area contributed by atoms with Gasteiger partial charge in [0.1, 0.15) is 5.82 Å². The third kappa shape index (κ3) is 6.69. The zero-order chi connectivity index (χ0) is 30.7. The maximum atomic E-state index is 14.9. The number of aliphatic hydroxyl groups excluding tert-OH is 1. The van der Waals surface area contributed by atoms with E-state index >= 15 is 0 Å². The fourth-order valence-corrected chi connectivity index (χ4v) is 6.33. The lowest BCUT2D eigenvalue weighted by molar-refractivity contribution is -0.138. The molecule has 10 heteroatoms. The molecule has 0 aromatic heterocycles. The van der Waals surface area contributed by atoms with Crippen LogP contribution in [0.3, 0.4) is 0 Å². The first kappa shape index (κ1) is 30.5. The first-order valence-electron chi connectivity index (χ1n) is 14.6. The summed E-state index contributed by atoms with van der Waals surface area (Å²) in [6.45, 7) is 1.13. The van der Waals surface area contributed by atoms with Crippen LogP contribution in [0.2, 0.25) is 0 Å². The molecule has 5 rings (SSSR count). The van der Waals surface area contributed by atoms with Gasteiger partial charge in [-0.1, -0.05) is 43.2 Å². The highest BCUT2D eigenvalue weighted by Gasteiger charge is 2.41. The number of aliphatic hydroxyl groups is 1. The largest absolute Gasteiger partial charge is 0.416 e. The van der Waals surface area contributed by atoms with E-state index in [0.29, 0.717) is 30.0 Å². The van der Waals surface area contributed by atoms with Crippen LogP contribution >= 0.6 is 0 Å². The van der Waals surface area contributed by atoms with Crippen molar-refractivity contribution in [1.82, 2.24) is 4.90 Å². The molecule has 1 saturated heterocycles. The number of nitrogens with zero attached hydrogens (tertiary/aromatic N) is 1. The van der Waals surface area contributed by atoms with E-state index in [1.54, 1.807) is 13.0 Å². The molecule has 3 N–H and O–H groups in total. The topological polar surface area (TPSA) is 81.7 Å². The molecule has 1 unspecified atom stereocenters. The van der Waals surface area contributed by atoms with Crippen molar-refractivity contribution in [2.45, 2.75) is 70.3 Å². The second-order valence-corrected chi connectivity index (χ2v) is 11.4. The number of benzene rings is 3. The number of aryl methyl sites for hydroxylation is 1. The summed E-state index contributed by atoms with van der Waals surface area (Å²) in [6, 6.07) is 14.7. The molecule has 1 aliphatic heterocycles. The van der Waals surface area contributed by atoms with Gasteiger partial charge in [0, 0.05) is 24.0 Å². The summed E-state index contributed by atoms with van der Waals surface area (Å²) >= 11 is 0. The SMILES string of the molecule is Cc1cccc(F)c1C(=O)N1CCCC(C(=O)Nc2ccc(CO)c(C(F)(F)F)c2)[C@@H]1c1ccc(NC2CCCC2)cc1. The number of hydrogen-bond donors (Lipinski definition) is 3. The number of nitrogens with one attached hydrogen (secondary N) is 2. The van der Waals surface area contributed by atoms with Crippen LogP contribution in [0.5, 0.6) is 0 Å². The lowest BCUT2D eigenvalue weighted by Gasteiger charge is -2.41. The monoisotopic (exact) mass is 597 g/mol. The number of rotatable bonds is 7. The van der Waals surface area contributed by atoms with Crippen molar-refractivity contribution in [3.05, 3.63) is 94.3 Å². The molecule has 3 aromatic rings. The number of likely N-dealkylation sites (tertiary alicyclic amines) is 1. The third-order valence-corrected chi connectivity index (χ3v) is 8.50. The predicted octanol–water partition coefficient (Wildman–Crippen LogP) is 7.23. The number of hydrogen-bond acceptors (Lipinski definition) is 4. The number of piperidine rings is 1. The Kier molecular flexibility index (Phi) is 9.05. The van der Waals surface area contributed by atoms with Gasteiger partial charge in [-0.2, -0.15) is 13.2 Å². The number of carbonyl (C=O) groups is 2. The van der Waals surface area contributed by atoms with E-state index < -0.39 is 47.9 Å². The lowest BCUT2D eigenvalue weighted by atomic mass is 9.83. The van der Waals surface area contributed by atoms with Crippen LogP contribution in [0, 0.1) is 18.7 Å². The molecule has 1 aliphatic carbocycles. The summed E-state index contributed by atoms with van der Waals surface area (Å²) in [7, 11) is 0. The Hall–Kier alpha value is -3.92. The first-order chi connectivity index (χ1) is 20.6. The quantitative estimate of drug-likeness (QED) is 0.251. The van der Waals surface area contributed by atoms with E-state index in [1.165, 1.54) is 35.9 Å². The predicted molar refractivity (Wildman–Crippen MR) is 156 cm³/mol. The number of halogens is 4. The van der Waals surface area contributed by atoms with Crippen molar-refractivity contribution in [3.8, 4) is 0 Å². The maximum absolute atomic E-state index is 14.9. The molecule has 43 heavy (non-hydrogen) atoms. The molecular formula is C33H35F4N3O3. The molecule has 0 radical (unpaired) electrons. The highest BCUT2D eigenvalue weighted by Crippen LogP contribution is 2.40. The Labute approximate surface area is 248 Å². The van der Waals surface area contributed by atoms with Gasteiger partial charge in [-0.05, 0) is 79.6 Å². The molecule has 0 bridgehead atoms. The zero-order valence-electron chi connectivity index (χ0n) is 23.9. The molecule has 6 nitrogen and oxygen atoms in total. The first-order valence-corrected chi connectivity index (χ1v) is 14.6. The fraction of sp³-hybridized carbons (Fsp3) is 0.394. The summed E-state index contributed by atoms with van der Waals surface area (Å²) in [6.07, 6.45) is 0.633. The average Bonchev–Trinajstić information content (AvgIpc) is 3.49. The molecule has 2 atom stereocenters. The number of anilines is 2. The van der Waals surface area contributed by atoms with Crippen LogP contribution < -0.4 is 10.6 Å². The fourth-order valence-electron chi connectivity index (χ4n) is 6.33. The smallest absolute Gasteiger partial charge is 0.392 e. The highest BCUT2D eigenvalue weighted by molar-refractivity contribution is 5.98. The molecule has 2 fully saturated rings. The van der Waals surface area contributed by atoms with Gasteiger partial charge in [0.2, 0.25) is 5.91 Å². The number of alkyl halides is 3. The summed E-state index contributed by atoms with van der Waals surface area (Å²) in [5.74, 6) is -2.57. The molecular weight excluding hydrogens is 562 g/mol. The van der Waals surface area contributed by atoms with Crippen LogP contribution in [0.4, 0.5) is 28.9 Å². The standard InChI is InChI=1S/C33H35F4N3O3/c1-20-6-4-10-28(34)29(20)32(43)40-17-5-9-26(30(40)21-11-14-24(15-12-21)38-23-7-2-3-8-23)31(42)39-25-16-13-22(19-41)27(18-25)33(35,36)37/h4,6,10-16,18,23,26,30,38,41H,2-3,5,7-9,17,19H2,1H3,(H,39,42)/t26?,30-/m0/s1. The van der Waals surface area contributed by atoms with Crippen molar-refractivity contribution < 1.29 is 32.3 Å². The molecule has 1 heterocycles. The van der Waals surface area contributed by atoms with Gasteiger partial charge in [0.05, 0.1) is 29.7 Å². The second kappa shape index (κ2) is 12.8. The maximum Gasteiger partial charge on any atom is 0.416 e. The summed E-state index contributed by atoms with van der Waals surface area (Å²) in [5, 5.41) is 15.5. The van der Waals surface area contributed by atoms with Crippen molar-refractivity contribution >= 4 is 23.2 Å². The van der Waals surface area contributed by atoms with E-state index in [2.05, 4.69) is 10.6 Å². The molecule has 2 aliphatic rings. The van der Waals surface area contributed by atoms with E-state index in [-0.39, 0.29) is 23.4 Å². The van der Waals surface area contributed by atoms with Crippen LogP contribution in [0.25, 0.3) is 0 Å². The van der Waals surface area contributed by atoms with Gasteiger partial charge in [0.15, 0.2) is 0 Å². The Morgan fingerprint density at radius 1 is 0.953 bits per heavy atom. The van der Waals surface area contributed by atoms with Crippen LogP contribution in [0.1, 0.15) is 77.2 Å². The normalized spacial score (nSPS) is 19.3. The van der Waals surface area contributed by atoms with E-state index in [0.717, 1.165) is 30.7 Å².